The number of thiophene rings is 1. The van der Waals surface area contributed by atoms with Crippen LogP contribution in [0.3, 0.4) is 0 Å². The average molecular weight is 311 g/mol. The lowest BCUT2D eigenvalue weighted by Crippen LogP contribution is -2.23. The Morgan fingerprint density at radius 3 is 2.55 bits per heavy atom. The molecule has 1 aromatic heterocycles. The number of ketones is 1. The Bertz CT molecular complexity index is 728. The van der Waals surface area contributed by atoms with Gasteiger partial charge in [-0.2, -0.15) is 0 Å². The molecule has 2 heterocycles. The molecule has 0 aliphatic carbocycles. The van der Waals surface area contributed by atoms with Crippen LogP contribution in [0.1, 0.15) is 33.0 Å². The van der Waals surface area contributed by atoms with E-state index in [4.69, 9.17) is 0 Å². The summed E-state index contributed by atoms with van der Waals surface area (Å²) in [7, 11) is 0. The van der Waals surface area contributed by atoms with Crippen LogP contribution in [0.4, 0.5) is 5.69 Å². The van der Waals surface area contributed by atoms with E-state index in [0.29, 0.717) is 12.0 Å². The number of hydrogen-bond acceptors (Lipinski definition) is 3. The van der Waals surface area contributed by atoms with Crippen LogP contribution in [0.2, 0.25) is 0 Å². The minimum absolute atomic E-state index is 0.0228. The van der Waals surface area contributed by atoms with E-state index < -0.39 is 0 Å². The Balaban J connectivity index is 1.71. The van der Waals surface area contributed by atoms with Gasteiger partial charge in [-0.3, -0.25) is 9.59 Å². The van der Waals surface area contributed by atoms with Crippen LogP contribution in [0.25, 0.3) is 6.08 Å². The molecule has 4 heteroatoms. The predicted molar refractivity (Wildman–Crippen MR) is 90.4 cm³/mol. The Hall–Kier alpha value is -2.20. The molecule has 2 aromatic rings. The highest BCUT2D eigenvalue weighted by Crippen LogP contribution is 2.22. The van der Waals surface area contributed by atoms with Gasteiger partial charge in [-0.15, -0.1) is 11.3 Å². The van der Waals surface area contributed by atoms with E-state index in [1.807, 2.05) is 37.3 Å². The van der Waals surface area contributed by atoms with Crippen LogP contribution >= 0.6 is 11.3 Å². The van der Waals surface area contributed by atoms with E-state index in [1.54, 1.807) is 34.4 Å². The molecule has 0 bridgehead atoms. The van der Waals surface area contributed by atoms with Gasteiger partial charge in [-0.1, -0.05) is 0 Å². The van der Waals surface area contributed by atoms with E-state index in [0.717, 1.165) is 23.5 Å². The number of carbonyl (C=O) groups excluding carboxylic acids is 2. The number of carbonyl (C=O) groups is 2. The lowest BCUT2D eigenvalue weighted by Gasteiger charge is -2.15. The fourth-order valence-corrected chi connectivity index (χ4v) is 3.30. The molecule has 112 valence electrons. The molecular weight excluding hydrogens is 294 g/mol. The van der Waals surface area contributed by atoms with Crippen molar-refractivity contribution >= 4 is 34.8 Å². The van der Waals surface area contributed by atoms with Gasteiger partial charge in [-0.05, 0) is 61.9 Å². The van der Waals surface area contributed by atoms with Crippen molar-refractivity contribution in [3.8, 4) is 0 Å². The van der Waals surface area contributed by atoms with Gasteiger partial charge in [-0.25, -0.2) is 0 Å². The molecule has 0 radical (unpaired) electrons. The average Bonchev–Trinajstić information content (AvgIpc) is 3.13. The number of benzene rings is 1. The third-order valence-electron chi connectivity index (χ3n) is 3.70. The minimum Gasteiger partial charge on any atom is -0.312 e. The first-order chi connectivity index (χ1) is 10.6. The monoisotopic (exact) mass is 311 g/mol. The van der Waals surface area contributed by atoms with Gasteiger partial charge >= 0.3 is 0 Å². The molecule has 1 fully saturated rings. The first kappa shape index (κ1) is 14.7. The summed E-state index contributed by atoms with van der Waals surface area (Å²) in [4.78, 5) is 27.9. The molecule has 3 nitrogen and oxygen atoms in total. The molecule has 0 N–H and O–H groups in total. The number of nitrogens with zero attached hydrogens (tertiary/aromatic N) is 1. The largest absolute Gasteiger partial charge is 0.312 e. The van der Waals surface area contributed by atoms with Gasteiger partial charge in [0.2, 0.25) is 5.91 Å². The van der Waals surface area contributed by atoms with Crippen molar-refractivity contribution in [1.29, 1.82) is 0 Å². The first-order valence-corrected chi connectivity index (χ1v) is 8.14. The summed E-state index contributed by atoms with van der Waals surface area (Å²) in [6, 6.07) is 11.3. The molecule has 0 saturated carbocycles. The number of amides is 1. The van der Waals surface area contributed by atoms with Crippen molar-refractivity contribution in [3.05, 3.63) is 57.8 Å². The normalized spacial score (nSPS) is 15.0. The zero-order valence-corrected chi connectivity index (χ0v) is 13.2. The summed E-state index contributed by atoms with van der Waals surface area (Å²) < 4.78 is 0. The van der Waals surface area contributed by atoms with E-state index in [9.17, 15) is 9.59 Å². The Labute approximate surface area is 133 Å². The quantitative estimate of drug-likeness (QED) is 0.630. The third kappa shape index (κ3) is 3.17. The zero-order valence-electron chi connectivity index (χ0n) is 12.4. The summed E-state index contributed by atoms with van der Waals surface area (Å²) in [5.74, 6) is 0.136. The van der Waals surface area contributed by atoms with Gasteiger partial charge in [0.15, 0.2) is 5.78 Å². The zero-order chi connectivity index (χ0) is 15.5. The van der Waals surface area contributed by atoms with Crippen molar-refractivity contribution in [2.24, 2.45) is 0 Å². The standard InChI is InChI=1S/C18H17NO2S/c1-13-4-9-16(22-13)10-11-17(20)14-5-7-15(8-6-14)19-12-2-3-18(19)21/h4-11H,2-3,12H2,1H3. The van der Waals surface area contributed by atoms with Crippen molar-refractivity contribution in [2.75, 3.05) is 11.4 Å². The van der Waals surface area contributed by atoms with E-state index in [1.165, 1.54) is 4.88 Å². The third-order valence-corrected chi connectivity index (χ3v) is 4.66. The number of allylic oxidation sites excluding steroid dienone is 1. The number of rotatable bonds is 4. The fraction of sp³-hybridized carbons (Fsp3) is 0.222. The molecular formula is C18H17NO2S. The van der Waals surface area contributed by atoms with Crippen LogP contribution in [-0.4, -0.2) is 18.2 Å². The van der Waals surface area contributed by atoms with Crippen LogP contribution < -0.4 is 4.90 Å². The summed E-state index contributed by atoms with van der Waals surface area (Å²) in [6.45, 7) is 2.81. The predicted octanol–water partition coefficient (Wildman–Crippen LogP) is 4.08. The van der Waals surface area contributed by atoms with Crippen molar-refractivity contribution in [2.45, 2.75) is 19.8 Å². The maximum absolute atomic E-state index is 12.2. The molecule has 1 amide bonds. The van der Waals surface area contributed by atoms with Crippen molar-refractivity contribution < 1.29 is 9.59 Å². The second-order valence-electron chi connectivity index (χ2n) is 5.34. The van der Waals surface area contributed by atoms with Gasteiger partial charge in [0.1, 0.15) is 0 Å². The van der Waals surface area contributed by atoms with Gasteiger partial charge in [0, 0.05) is 34.0 Å². The lowest BCUT2D eigenvalue weighted by molar-refractivity contribution is -0.117. The van der Waals surface area contributed by atoms with Crippen LogP contribution in [-0.2, 0) is 4.79 Å². The molecule has 3 rings (SSSR count). The number of anilines is 1. The SMILES string of the molecule is Cc1ccc(C=CC(=O)c2ccc(N3CCCC3=O)cc2)s1. The molecule has 0 spiro atoms. The molecule has 0 unspecified atom stereocenters. The summed E-state index contributed by atoms with van der Waals surface area (Å²) in [6.07, 6.45) is 4.96. The van der Waals surface area contributed by atoms with Gasteiger partial charge < -0.3 is 4.90 Å². The topological polar surface area (TPSA) is 37.4 Å². The smallest absolute Gasteiger partial charge is 0.227 e. The van der Waals surface area contributed by atoms with E-state index in [-0.39, 0.29) is 11.7 Å². The molecule has 1 aromatic carbocycles. The van der Waals surface area contributed by atoms with Crippen molar-refractivity contribution in [1.82, 2.24) is 0 Å². The maximum Gasteiger partial charge on any atom is 0.227 e. The van der Waals surface area contributed by atoms with Gasteiger partial charge in [0.05, 0.1) is 0 Å². The Morgan fingerprint density at radius 2 is 1.95 bits per heavy atom. The lowest BCUT2D eigenvalue weighted by atomic mass is 10.1. The van der Waals surface area contributed by atoms with E-state index >= 15 is 0 Å². The first-order valence-electron chi connectivity index (χ1n) is 7.33. The second-order valence-corrected chi connectivity index (χ2v) is 6.66. The van der Waals surface area contributed by atoms with Gasteiger partial charge in [0.25, 0.3) is 0 Å². The molecule has 1 aliphatic rings. The number of aryl methyl sites for hydroxylation is 1. The highest BCUT2D eigenvalue weighted by Gasteiger charge is 2.21. The highest BCUT2D eigenvalue weighted by molar-refractivity contribution is 7.12. The molecule has 1 aliphatic heterocycles. The van der Waals surface area contributed by atoms with Crippen LogP contribution in [0.15, 0.2) is 42.5 Å². The number of hydrogen-bond donors (Lipinski definition) is 0. The molecule has 22 heavy (non-hydrogen) atoms. The fourth-order valence-electron chi connectivity index (χ4n) is 2.52. The van der Waals surface area contributed by atoms with E-state index in [2.05, 4.69) is 0 Å². The highest BCUT2D eigenvalue weighted by atomic mass is 32.1. The minimum atomic E-state index is -0.0228. The van der Waals surface area contributed by atoms with Crippen LogP contribution in [0.5, 0.6) is 0 Å². The second kappa shape index (κ2) is 6.28. The Morgan fingerprint density at radius 1 is 1.18 bits per heavy atom. The summed E-state index contributed by atoms with van der Waals surface area (Å²) in [5, 5.41) is 0. The Kier molecular flexibility index (Phi) is 4.20. The van der Waals surface area contributed by atoms with Crippen molar-refractivity contribution in [3.63, 3.8) is 0 Å². The molecule has 1 saturated heterocycles. The van der Waals surface area contributed by atoms with Crippen LogP contribution in [0, 0.1) is 6.92 Å². The maximum atomic E-state index is 12.2. The summed E-state index contributed by atoms with van der Waals surface area (Å²) >= 11 is 1.66. The molecule has 0 atom stereocenters. The summed E-state index contributed by atoms with van der Waals surface area (Å²) in [5.41, 5.74) is 1.51.